The summed E-state index contributed by atoms with van der Waals surface area (Å²) in [5.41, 5.74) is 2.54. The van der Waals surface area contributed by atoms with Gasteiger partial charge in [0.1, 0.15) is 0 Å². The molecule has 1 aliphatic rings. The average molecular weight is 266 g/mol. The molecule has 0 unspecified atom stereocenters. The van der Waals surface area contributed by atoms with E-state index in [2.05, 4.69) is 17.0 Å². The van der Waals surface area contributed by atoms with E-state index in [0.29, 0.717) is 6.61 Å². The molecule has 0 radical (unpaired) electrons. The molecular formula is C15H20ClNO. The molecule has 2 rings (SSSR count). The zero-order chi connectivity index (χ0) is 12.8. The van der Waals surface area contributed by atoms with Gasteiger partial charge in [0.2, 0.25) is 0 Å². The van der Waals surface area contributed by atoms with Crippen molar-refractivity contribution in [3.63, 3.8) is 0 Å². The van der Waals surface area contributed by atoms with Crippen molar-refractivity contribution in [3.05, 3.63) is 40.9 Å². The van der Waals surface area contributed by atoms with Crippen LogP contribution in [0.25, 0.3) is 5.57 Å². The molecule has 98 valence electrons. The second-order valence-electron chi connectivity index (χ2n) is 4.69. The molecule has 0 aliphatic carbocycles. The summed E-state index contributed by atoms with van der Waals surface area (Å²) in [5.74, 6) is 0. The van der Waals surface area contributed by atoms with Crippen LogP contribution in [-0.4, -0.2) is 36.2 Å². The zero-order valence-electron chi connectivity index (χ0n) is 10.6. The van der Waals surface area contributed by atoms with Crippen molar-refractivity contribution in [1.82, 2.24) is 4.90 Å². The molecule has 0 saturated carbocycles. The molecule has 0 saturated heterocycles. The van der Waals surface area contributed by atoms with E-state index in [1.54, 1.807) is 0 Å². The fourth-order valence-corrected chi connectivity index (χ4v) is 2.58. The van der Waals surface area contributed by atoms with E-state index < -0.39 is 0 Å². The third-order valence-corrected chi connectivity index (χ3v) is 3.73. The Kier molecular flexibility index (Phi) is 5.24. The summed E-state index contributed by atoms with van der Waals surface area (Å²) in [6.45, 7) is 3.45. The van der Waals surface area contributed by atoms with Gasteiger partial charge in [0.15, 0.2) is 0 Å². The number of unbranched alkanes of at least 4 members (excludes halogenated alkanes) is 1. The number of nitrogens with zero attached hydrogens (tertiary/aromatic N) is 1. The lowest BCUT2D eigenvalue weighted by Gasteiger charge is -2.26. The summed E-state index contributed by atoms with van der Waals surface area (Å²) in [4.78, 5) is 2.43. The van der Waals surface area contributed by atoms with Crippen LogP contribution in [0, 0.1) is 0 Å². The van der Waals surface area contributed by atoms with Gasteiger partial charge < -0.3 is 5.11 Å². The molecule has 0 amide bonds. The van der Waals surface area contributed by atoms with E-state index in [1.165, 1.54) is 11.1 Å². The Hall–Kier alpha value is -0.830. The second-order valence-corrected chi connectivity index (χ2v) is 5.10. The van der Waals surface area contributed by atoms with Gasteiger partial charge in [-0.1, -0.05) is 35.9 Å². The van der Waals surface area contributed by atoms with Crippen molar-refractivity contribution in [3.8, 4) is 0 Å². The molecule has 0 fully saturated rings. The van der Waals surface area contributed by atoms with Crippen molar-refractivity contribution >= 4 is 17.2 Å². The molecular weight excluding hydrogens is 246 g/mol. The van der Waals surface area contributed by atoms with Crippen molar-refractivity contribution in [1.29, 1.82) is 0 Å². The van der Waals surface area contributed by atoms with Gasteiger partial charge in [0, 0.05) is 24.7 Å². The van der Waals surface area contributed by atoms with Crippen LogP contribution < -0.4 is 0 Å². The normalized spacial score (nSPS) is 16.7. The molecule has 2 nitrogen and oxygen atoms in total. The number of rotatable bonds is 5. The highest BCUT2D eigenvalue weighted by atomic mass is 35.5. The minimum Gasteiger partial charge on any atom is -0.396 e. The Bertz CT molecular complexity index is 417. The van der Waals surface area contributed by atoms with Crippen LogP contribution >= 0.6 is 11.6 Å². The first-order chi connectivity index (χ1) is 8.81. The van der Waals surface area contributed by atoms with E-state index in [9.17, 15) is 0 Å². The first-order valence-corrected chi connectivity index (χ1v) is 6.96. The quantitative estimate of drug-likeness (QED) is 0.827. The summed E-state index contributed by atoms with van der Waals surface area (Å²) >= 11 is 6.21. The zero-order valence-corrected chi connectivity index (χ0v) is 11.4. The monoisotopic (exact) mass is 265 g/mol. The molecule has 3 heteroatoms. The molecule has 1 heterocycles. The highest BCUT2D eigenvalue weighted by Crippen LogP contribution is 2.28. The fourth-order valence-electron chi connectivity index (χ4n) is 2.33. The predicted octanol–water partition coefficient (Wildman–Crippen LogP) is 3.20. The second kappa shape index (κ2) is 6.93. The molecule has 1 aromatic carbocycles. The Morgan fingerprint density at radius 1 is 1.22 bits per heavy atom. The number of aliphatic hydroxyl groups is 1. The number of hydrogen-bond acceptors (Lipinski definition) is 2. The molecule has 1 aromatic rings. The van der Waals surface area contributed by atoms with E-state index >= 15 is 0 Å². The Morgan fingerprint density at radius 3 is 2.72 bits per heavy atom. The number of hydrogen-bond donors (Lipinski definition) is 1. The summed E-state index contributed by atoms with van der Waals surface area (Å²) in [7, 11) is 0. The molecule has 0 spiro atoms. The fraction of sp³-hybridized carbons (Fsp3) is 0.467. The van der Waals surface area contributed by atoms with Crippen LogP contribution in [0.3, 0.4) is 0 Å². The van der Waals surface area contributed by atoms with E-state index in [4.69, 9.17) is 16.7 Å². The summed E-state index contributed by atoms with van der Waals surface area (Å²) in [6, 6.07) is 8.05. The highest BCUT2D eigenvalue weighted by molar-refractivity contribution is 6.32. The molecule has 0 aromatic heterocycles. The largest absolute Gasteiger partial charge is 0.396 e. The number of halogens is 1. The van der Waals surface area contributed by atoms with E-state index in [1.807, 2.05) is 18.2 Å². The Balaban J connectivity index is 1.93. The average Bonchev–Trinajstić information content (AvgIpc) is 2.41. The molecule has 1 aliphatic heterocycles. The first-order valence-electron chi connectivity index (χ1n) is 6.58. The van der Waals surface area contributed by atoms with Crippen molar-refractivity contribution in [2.75, 3.05) is 26.2 Å². The SMILES string of the molecule is OCCCCN1CC=C(c2ccccc2Cl)CC1. The topological polar surface area (TPSA) is 23.5 Å². The standard InChI is InChI=1S/C15H20ClNO/c16-15-6-2-1-5-14(15)13-7-10-17(11-8-13)9-3-4-12-18/h1-2,5-7,18H,3-4,8-12H2. The van der Waals surface area contributed by atoms with Crippen molar-refractivity contribution in [2.45, 2.75) is 19.3 Å². The Labute approximate surface area is 114 Å². The van der Waals surface area contributed by atoms with E-state index in [0.717, 1.165) is 43.9 Å². The van der Waals surface area contributed by atoms with Gasteiger partial charge >= 0.3 is 0 Å². The van der Waals surface area contributed by atoms with Crippen molar-refractivity contribution < 1.29 is 5.11 Å². The third-order valence-electron chi connectivity index (χ3n) is 3.40. The van der Waals surface area contributed by atoms with Crippen molar-refractivity contribution in [2.24, 2.45) is 0 Å². The lowest BCUT2D eigenvalue weighted by molar-refractivity contribution is 0.253. The summed E-state index contributed by atoms with van der Waals surface area (Å²) in [6.07, 6.45) is 5.32. The van der Waals surface area contributed by atoms with Gasteiger partial charge in [-0.3, -0.25) is 4.90 Å². The molecule has 18 heavy (non-hydrogen) atoms. The number of aliphatic hydroxyl groups excluding tert-OH is 1. The minimum atomic E-state index is 0.300. The Morgan fingerprint density at radius 2 is 2.06 bits per heavy atom. The van der Waals surface area contributed by atoms with Crippen LogP contribution in [0.1, 0.15) is 24.8 Å². The van der Waals surface area contributed by atoms with Gasteiger partial charge in [-0.25, -0.2) is 0 Å². The molecule has 0 atom stereocenters. The highest BCUT2D eigenvalue weighted by Gasteiger charge is 2.13. The maximum absolute atomic E-state index is 8.77. The molecule has 0 bridgehead atoms. The lowest BCUT2D eigenvalue weighted by atomic mass is 9.99. The van der Waals surface area contributed by atoms with E-state index in [-0.39, 0.29) is 0 Å². The van der Waals surface area contributed by atoms with Gasteiger partial charge in [0.25, 0.3) is 0 Å². The summed E-state index contributed by atoms with van der Waals surface area (Å²) in [5, 5.41) is 9.62. The smallest absolute Gasteiger partial charge is 0.0481 e. The summed E-state index contributed by atoms with van der Waals surface area (Å²) < 4.78 is 0. The van der Waals surface area contributed by atoms with Gasteiger partial charge in [-0.2, -0.15) is 0 Å². The van der Waals surface area contributed by atoms with Crippen LogP contribution in [0.2, 0.25) is 5.02 Å². The number of benzene rings is 1. The third kappa shape index (κ3) is 3.58. The van der Waals surface area contributed by atoms with Gasteiger partial charge in [0.05, 0.1) is 0 Å². The van der Waals surface area contributed by atoms with Crippen LogP contribution in [0.5, 0.6) is 0 Å². The molecule has 1 N–H and O–H groups in total. The van der Waals surface area contributed by atoms with Crippen LogP contribution in [-0.2, 0) is 0 Å². The lowest BCUT2D eigenvalue weighted by Crippen LogP contribution is -2.29. The first kappa shape index (κ1) is 13.6. The van der Waals surface area contributed by atoms with Gasteiger partial charge in [-0.05, 0) is 43.0 Å². The predicted molar refractivity (Wildman–Crippen MR) is 76.8 cm³/mol. The minimum absolute atomic E-state index is 0.300. The van der Waals surface area contributed by atoms with Gasteiger partial charge in [-0.15, -0.1) is 0 Å². The van der Waals surface area contributed by atoms with Crippen LogP contribution in [0.4, 0.5) is 0 Å². The van der Waals surface area contributed by atoms with Crippen LogP contribution in [0.15, 0.2) is 30.3 Å². The maximum atomic E-state index is 8.77. The maximum Gasteiger partial charge on any atom is 0.0481 e.